The van der Waals surface area contributed by atoms with E-state index >= 15 is 0 Å². The number of halogens is 1. The van der Waals surface area contributed by atoms with Gasteiger partial charge in [0.25, 0.3) is 0 Å². The lowest BCUT2D eigenvalue weighted by Crippen LogP contribution is -1.98. The van der Waals surface area contributed by atoms with Crippen molar-refractivity contribution in [2.24, 2.45) is 0 Å². The highest BCUT2D eigenvalue weighted by Gasteiger charge is 2.06. The van der Waals surface area contributed by atoms with Gasteiger partial charge >= 0.3 is 0 Å². The lowest BCUT2D eigenvalue weighted by Gasteiger charge is -2.05. The third-order valence-corrected chi connectivity index (χ3v) is 3.18. The third kappa shape index (κ3) is 2.37. The Morgan fingerprint density at radius 3 is 2.63 bits per heavy atom. The van der Waals surface area contributed by atoms with E-state index in [2.05, 4.69) is 22.2 Å². The molecule has 0 aliphatic heterocycles. The van der Waals surface area contributed by atoms with Crippen molar-refractivity contribution >= 4 is 11.6 Å². The lowest BCUT2D eigenvalue weighted by atomic mass is 10.1. The van der Waals surface area contributed by atoms with Gasteiger partial charge in [0.05, 0.1) is 11.9 Å². The summed E-state index contributed by atoms with van der Waals surface area (Å²) in [4.78, 5) is 4.05. The Morgan fingerprint density at radius 1 is 1.05 bits per heavy atom. The molecular weight excluding hydrogens is 258 g/mol. The molecule has 2 aromatic heterocycles. The van der Waals surface area contributed by atoms with Crippen molar-refractivity contribution in [2.45, 2.75) is 6.92 Å². The maximum Gasteiger partial charge on any atom is 0.131 e. The van der Waals surface area contributed by atoms with Crippen molar-refractivity contribution in [3.63, 3.8) is 0 Å². The van der Waals surface area contributed by atoms with Crippen molar-refractivity contribution in [1.82, 2.24) is 14.8 Å². The Morgan fingerprint density at radius 2 is 1.84 bits per heavy atom. The fourth-order valence-electron chi connectivity index (χ4n) is 1.97. The molecule has 3 aromatic rings. The first-order valence-corrected chi connectivity index (χ1v) is 6.34. The van der Waals surface area contributed by atoms with Gasteiger partial charge in [-0.1, -0.05) is 41.9 Å². The van der Waals surface area contributed by atoms with Gasteiger partial charge in [0.15, 0.2) is 0 Å². The van der Waals surface area contributed by atoms with Crippen molar-refractivity contribution in [3.05, 3.63) is 65.7 Å². The summed E-state index contributed by atoms with van der Waals surface area (Å²) in [5.41, 5.74) is 4.20. The predicted octanol–water partition coefficient (Wildman–Crippen LogP) is 3.90. The Hall–Kier alpha value is -2.13. The largest absolute Gasteiger partial charge is 0.244 e. The lowest BCUT2D eigenvalue weighted by molar-refractivity contribution is 0.869. The predicted molar refractivity (Wildman–Crippen MR) is 76.5 cm³/mol. The molecule has 0 unspecified atom stereocenters. The molecule has 3 rings (SSSR count). The molecular formula is C15H12ClN3. The van der Waals surface area contributed by atoms with E-state index in [4.69, 9.17) is 11.6 Å². The first-order valence-electron chi connectivity index (χ1n) is 5.96. The summed E-state index contributed by atoms with van der Waals surface area (Å²) in [5.74, 6) is 0. The molecule has 0 spiro atoms. The Balaban J connectivity index is 2.04. The second-order valence-electron chi connectivity index (χ2n) is 4.33. The highest BCUT2D eigenvalue weighted by molar-refractivity contribution is 6.29. The van der Waals surface area contributed by atoms with Crippen LogP contribution in [0.3, 0.4) is 0 Å². The summed E-state index contributed by atoms with van der Waals surface area (Å²) in [6, 6.07) is 12.0. The molecule has 0 N–H and O–H groups in total. The summed E-state index contributed by atoms with van der Waals surface area (Å²) in [6.45, 7) is 1.99. The maximum absolute atomic E-state index is 5.94. The van der Waals surface area contributed by atoms with Crippen molar-refractivity contribution < 1.29 is 0 Å². The van der Waals surface area contributed by atoms with Gasteiger partial charge < -0.3 is 0 Å². The van der Waals surface area contributed by atoms with Crippen LogP contribution in [0.1, 0.15) is 5.56 Å². The van der Waals surface area contributed by atoms with E-state index in [-0.39, 0.29) is 0 Å². The summed E-state index contributed by atoms with van der Waals surface area (Å²) in [5, 5.41) is 4.86. The zero-order chi connectivity index (χ0) is 13.2. The summed E-state index contributed by atoms with van der Waals surface area (Å²) < 4.78 is 1.82. The van der Waals surface area contributed by atoms with Gasteiger partial charge in [-0.05, 0) is 18.1 Å². The first-order chi connectivity index (χ1) is 9.24. The molecule has 1 aromatic carbocycles. The number of aromatic nitrogens is 3. The molecule has 0 bridgehead atoms. The van der Waals surface area contributed by atoms with Gasteiger partial charge in [0, 0.05) is 24.0 Å². The summed E-state index contributed by atoms with van der Waals surface area (Å²) in [6.07, 6.45) is 5.60. The molecule has 2 heterocycles. The number of rotatable bonds is 2. The molecule has 0 radical (unpaired) electrons. The topological polar surface area (TPSA) is 30.7 Å². The molecule has 3 nitrogen and oxygen atoms in total. The van der Waals surface area contributed by atoms with Crippen LogP contribution in [0.4, 0.5) is 0 Å². The third-order valence-electron chi connectivity index (χ3n) is 2.98. The van der Waals surface area contributed by atoms with Gasteiger partial charge in [-0.25, -0.2) is 9.67 Å². The van der Waals surface area contributed by atoms with Crippen molar-refractivity contribution in [3.8, 4) is 16.8 Å². The normalized spacial score (nSPS) is 10.6. The van der Waals surface area contributed by atoms with Crippen LogP contribution in [0, 0.1) is 6.92 Å². The number of nitrogens with zero attached hydrogens (tertiary/aromatic N) is 3. The van der Waals surface area contributed by atoms with Gasteiger partial charge in [-0.2, -0.15) is 5.10 Å². The van der Waals surface area contributed by atoms with Gasteiger partial charge in [-0.3, -0.25) is 0 Å². The minimum Gasteiger partial charge on any atom is -0.244 e. The highest BCUT2D eigenvalue weighted by atomic mass is 35.5. The minimum absolute atomic E-state index is 0.470. The molecule has 0 amide bonds. The smallest absolute Gasteiger partial charge is 0.131 e. The van der Waals surface area contributed by atoms with E-state index in [1.807, 2.05) is 48.3 Å². The monoisotopic (exact) mass is 269 g/mol. The minimum atomic E-state index is 0.470. The zero-order valence-corrected chi connectivity index (χ0v) is 11.2. The van der Waals surface area contributed by atoms with E-state index in [9.17, 15) is 0 Å². The van der Waals surface area contributed by atoms with Crippen LogP contribution in [0.15, 0.2) is 55.0 Å². The highest BCUT2D eigenvalue weighted by Crippen LogP contribution is 2.22. The fourth-order valence-corrected chi connectivity index (χ4v) is 2.12. The van der Waals surface area contributed by atoms with E-state index in [0.717, 1.165) is 22.4 Å². The number of hydrogen-bond acceptors (Lipinski definition) is 2. The van der Waals surface area contributed by atoms with Gasteiger partial charge in [0.2, 0.25) is 0 Å². The van der Waals surface area contributed by atoms with E-state index in [1.165, 1.54) is 0 Å². The molecule has 0 atom stereocenters. The van der Waals surface area contributed by atoms with Gasteiger partial charge in [-0.15, -0.1) is 0 Å². The second-order valence-corrected chi connectivity index (χ2v) is 4.72. The molecule has 19 heavy (non-hydrogen) atoms. The van der Waals surface area contributed by atoms with Crippen LogP contribution in [0.2, 0.25) is 5.15 Å². The number of benzene rings is 1. The quantitative estimate of drug-likeness (QED) is 0.661. The van der Waals surface area contributed by atoms with E-state index in [0.29, 0.717) is 5.15 Å². The average molecular weight is 270 g/mol. The van der Waals surface area contributed by atoms with Crippen molar-refractivity contribution in [2.75, 3.05) is 0 Å². The average Bonchev–Trinajstić information content (AvgIpc) is 2.92. The molecule has 0 saturated carbocycles. The summed E-state index contributed by atoms with van der Waals surface area (Å²) in [7, 11) is 0. The van der Waals surface area contributed by atoms with Crippen LogP contribution in [0.25, 0.3) is 16.8 Å². The molecule has 0 aliphatic carbocycles. The number of aryl methyl sites for hydroxylation is 1. The van der Waals surface area contributed by atoms with Crippen LogP contribution >= 0.6 is 11.6 Å². The fraction of sp³-hybridized carbons (Fsp3) is 0.0667. The first kappa shape index (κ1) is 11.9. The maximum atomic E-state index is 5.94. The van der Waals surface area contributed by atoms with Crippen LogP contribution < -0.4 is 0 Å². The van der Waals surface area contributed by atoms with Crippen molar-refractivity contribution in [1.29, 1.82) is 0 Å². The van der Waals surface area contributed by atoms with Crippen LogP contribution in [-0.4, -0.2) is 14.8 Å². The van der Waals surface area contributed by atoms with E-state index in [1.54, 1.807) is 6.20 Å². The zero-order valence-electron chi connectivity index (χ0n) is 10.4. The SMILES string of the molecule is Cc1cnc(Cl)cc1-n1cc(-c2ccccc2)cn1. The number of hydrogen-bond donors (Lipinski definition) is 0. The summed E-state index contributed by atoms with van der Waals surface area (Å²) >= 11 is 5.94. The molecule has 94 valence electrons. The second kappa shape index (κ2) is 4.86. The standard InChI is InChI=1S/C15H12ClN3/c1-11-8-17-15(16)7-14(11)19-10-13(9-18-19)12-5-3-2-4-6-12/h2-10H,1H3. The Kier molecular flexibility index (Phi) is 3.05. The Labute approximate surface area is 116 Å². The van der Waals surface area contributed by atoms with E-state index < -0.39 is 0 Å². The Bertz CT molecular complexity index is 704. The number of pyridine rings is 1. The van der Waals surface area contributed by atoms with Crippen LogP contribution in [0.5, 0.6) is 0 Å². The molecule has 4 heteroatoms. The van der Waals surface area contributed by atoms with Gasteiger partial charge in [0.1, 0.15) is 5.15 Å². The van der Waals surface area contributed by atoms with Crippen LogP contribution in [-0.2, 0) is 0 Å². The molecule has 0 aliphatic rings. The molecule has 0 fully saturated rings. The molecule has 0 saturated heterocycles.